The summed E-state index contributed by atoms with van der Waals surface area (Å²) in [7, 11) is 0. The largest absolute Gasteiger partial charge is 0.434 e. The maximum Gasteiger partial charge on any atom is 0.387 e. The Bertz CT molecular complexity index is 1240. The molecule has 170 valence electrons. The molecule has 2 heterocycles. The normalized spacial score (nSPS) is 11.0. The Hall–Kier alpha value is -3.31. The fraction of sp³-hybridized carbons (Fsp3) is 0.182. The predicted octanol–water partition coefficient (Wildman–Crippen LogP) is 5.29. The van der Waals surface area contributed by atoms with Gasteiger partial charge in [-0.2, -0.15) is 8.78 Å². The lowest BCUT2D eigenvalue weighted by Gasteiger charge is -2.10. The number of amides is 1. The van der Waals surface area contributed by atoms with Crippen molar-refractivity contribution in [1.82, 2.24) is 19.7 Å². The first kappa shape index (κ1) is 22.9. The number of halogens is 2. The smallest absolute Gasteiger partial charge is 0.387 e. The number of carbonyl (C=O) groups excluding carboxylic acids is 1. The number of aryl methyl sites for hydroxylation is 1. The molecular formula is C22H19F2N5O2S2. The second-order valence-electron chi connectivity index (χ2n) is 6.72. The molecular weight excluding hydrogens is 468 g/mol. The van der Waals surface area contributed by atoms with Crippen molar-refractivity contribution in [2.24, 2.45) is 0 Å². The number of carbonyl (C=O) groups is 1. The topological polar surface area (TPSA) is 81.9 Å². The molecule has 0 bridgehead atoms. The van der Waals surface area contributed by atoms with Gasteiger partial charge in [-0.1, -0.05) is 49.0 Å². The molecule has 4 rings (SSSR count). The number of benzene rings is 2. The Morgan fingerprint density at radius 1 is 1.21 bits per heavy atom. The summed E-state index contributed by atoms with van der Waals surface area (Å²) in [6, 6.07) is 14.3. The number of para-hydroxylation sites is 2. The summed E-state index contributed by atoms with van der Waals surface area (Å²) in [4.78, 5) is 16.8. The van der Waals surface area contributed by atoms with Crippen LogP contribution >= 0.6 is 23.1 Å². The monoisotopic (exact) mass is 487 g/mol. The number of alkyl halides is 2. The molecule has 33 heavy (non-hydrogen) atoms. The van der Waals surface area contributed by atoms with Crippen LogP contribution in [0.4, 0.5) is 13.9 Å². The molecule has 0 aliphatic carbocycles. The minimum absolute atomic E-state index is 0.0259. The molecule has 1 amide bonds. The lowest BCUT2D eigenvalue weighted by atomic mass is 10.1. The van der Waals surface area contributed by atoms with E-state index in [4.69, 9.17) is 0 Å². The molecule has 0 saturated carbocycles. The van der Waals surface area contributed by atoms with E-state index < -0.39 is 6.61 Å². The van der Waals surface area contributed by atoms with Gasteiger partial charge in [-0.3, -0.25) is 9.36 Å². The fourth-order valence-electron chi connectivity index (χ4n) is 3.15. The number of aromatic nitrogens is 4. The number of ether oxygens (including phenoxy) is 1. The molecule has 0 radical (unpaired) electrons. The van der Waals surface area contributed by atoms with Crippen molar-refractivity contribution in [1.29, 1.82) is 0 Å². The second kappa shape index (κ2) is 10.5. The van der Waals surface area contributed by atoms with E-state index in [-0.39, 0.29) is 17.4 Å². The first-order chi connectivity index (χ1) is 16.0. The molecule has 4 aromatic rings. The molecule has 2 aromatic carbocycles. The van der Waals surface area contributed by atoms with Gasteiger partial charge < -0.3 is 10.1 Å². The van der Waals surface area contributed by atoms with Crippen molar-refractivity contribution >= 4 is 34.1 Å². The molecule has 0 atom stereocenters. The van der Waals surface area contributed by atoms with Gasteiger partial charge in [-0.15, -0.1) is 21.5 Å². The number of hydrogen-bond donors (Lipinski definition) is 1. The number of nitrogens with one attached hydrogen (secondary N) is 1. The van der Waals surface area contributed by atoms with Gasteiger partial charge >= 0.3 is 6.61 Å². The van der Waals surface area contributed by atoms with Crippen LogP contribution < -0.4 is 10.1 Å². The number of anilines is 1. The SMILES string of the molecule is CCc1ccccc1-n1cnnc1SCC(=O)Nc1nc(-c2ccccc2OC(F)F)cs1. The predicted molar refractivity (Wildman–Crippen MR) is 124 cm³/mol. The van der Waals surface area contributed by atoms with Crippen molar-refractivity contribution in [2.45, 2.75) is 25.1 Å². The second-order valence-corrected chi connectivity index (χ2v) is 8.52. The van der Waals surface area contributed by atoms with Crippen LogP contribution in [0, 0.1) is 0 Å². The molecule has 0 saturated heterocycles. The summed E-state index contributed by atoms with van der Waals surface area (Å²) in [5.74, 6) is -0.137. The Labute approximate surface area is 196 Å². The standard InChI is InChI=1S/C22H19F2N5O2S2/c1-2-14-7-3-5-9-17(14)29-13-25-28-22(29)33-12-19(30)27-21-26-16(11-32-21)15-8-4-6-10-18(15)31-20(23)24/h3-11,13,20H,2,12H2,1H3,(H,26,27,30). The average molecular weight is 488 g/mol. The van der Waals surface area contributed by atoms with Gasteiger partial charge in [0, 0.05) is 10.9 Å². The molecule has 0 fully saturated rings. The third-order valence-corrected chi connectivity index (χ3v) is 6.31. The van der Waals surface area contributed by atoms with Gasteiger partial charge in [0.05, 0.1) is 17.1 Å². The van der Waals surface area contributed by atoms with E-state index in [2.05, 4.69) is 32.2 Å². The third kappa shape index (κ3) is 5.55. The van der Waals surface area contributed by atoms with Crippen molar-refractivity contribution in [3.05, 3.63) is 65.8 Å². The minimum Gasteiger partial charge on any atom is -0.434 e. The summed E-state index contributed by atoms with van der Waals surface area (Å²) >= 11 is 2.46. The Morgan fingerprint density at radius 2 is 2.00 bits per heavy atom. The van der Waals surface area contributed by atoms with Gasteiger partial charge in [-0.05, 0) is 30.2 Å². The number of nitrogens with zero attached hydrogens (tertiary/aromatic N) is 4. The van der Waals surface area contributed by atoms with E-state index in [0.717, 1.165) is 17.7 Å². The number of thioether (sulfide) groups is 1. The molecule has 1 N–H and O–H groups in total. The van der Waals surface area contributed by atoms with Crippen molar-refractivity contribution in [3.63, 3.8) is 0 Å². The van der Waals surface area contributed by atoms with Crippen LogP contribution in [0.1, 0.15) is 12.5 Å². The van der Waals surface area contributed by atoms with E-state index in [1.165, 1.54) is 29.2 Å². The fourth-order valence-corrected chi connectivity index (χ4v) is 4.60. The van der Waals surface area contributed by atoms with Crippen LogP contribution in [0.3, 0.4) is 0 Å². The zero-order chi connectivity index (χ0) is 23.2. The summed E-state index contributed by atoms with van der Waals surface area (Å²) < 4.78 is 31.7. The van der Waals surface area contributed by atoms with E-state index in [0.29, 0.717) is 21.5 Å². The highest BCUT2D eigenvalue weighted by atomic mass is 32.2. The zero-order valence-corrected chi connectivity index (χ0v) is 19.1. The van der Waals surface area contributed by atoms with Gasteiger partial charge in [0.15, 0.2) is 10.3 Å². The highest BCUT2D eigenvalue weighted by molar-refractivity contribution is 7.99. The minimum atomic E-state index is -2.94. The van der Waals surface area contributed by atoms with E-state index in [1.807, 2.05) is 28.8 Å². The van der Waals surface area contributed by atoms with Crippen LogP contribution in [0.2, 0.25) is 0 Å². The van der Waals surface area contributed by atoms with Crippen LogP contribution in [0.5, 0.6) is 5.75 Å². The van der Waals surface area contributed by atoms with E-state index in [1.54, 1.807) is 29.9 Å². The maximum absolute atomic E-state index is 12.7. The van der Waals surface area contributed by atoms with Crippen molar-refractivity contribution in [3.8, 4) is 22.7 Å². The molecule has 0 spiro atoms. The molecule has 0 unspecified atom stereocenters. The van der Waals surface area contributed by atoms with E-state index >= 15 is 0 Å². The highest BCUT2D eigenvalue weighted by Gasteiger charge is 2.16. The van der Waals surface area contributed by atoms with Crippen LogP contribution in [-0.4, -0.2) is 38.0 Å². The first-order valence-corrected chi connectivity index (χ1v) is 11.8. The molecule has 7 nitrogen and oxygen atoms in total. The van der Waals surface area contributed by atoms with Gasteiger partial charge in [0.1, 0.15) is 12.1 Å². The van der Waals surface area contributed by atoms with Crippen LogP contribution in [0.25, 0.3) is 16.9 Å². The molecule has 0 aliphatic heterocycles. The number of hydrogen-bond acceptors (Lipinski definition) is 7. The highest BCUT2D eigenvalue weighted by Crippen LogP contribution is 2.33. The lowest BCUT2D eigenvalue weighted by Crippen LogP contribution is -2.14. The van der Waals surface area contributed by atoms with Gasteiger partial charge in [-0.25, -0.2) is 4.98 Å². The molecule has 11 heteroatoms. The maximum atomic E-state index is 12.7. The Kier molecular flexibility index (Phi) is 7.30. The number of rotatable bonds is 9. The van der Waals surface area contributed by atoms with E-state index in [9.17, 15) is 13.6 Å². The summed E-state index contributed by atoms with van der Waals surface area (Å²) in [6.07, 6.45) is 2.48. The Balaban J connectivity index is 1.41. The molecule has 0 aliphatic rings. The summed E-state index contributed by atoms with van der Waals surface area (Å²) in [6.45, 7) is -0.864. The quantitative estimate of drug-likeness (QED) is 0.323. The molecule has 2 aromatic heterocycles. The summed E-state index contributed by atoms with van der Waals surface area (Å²) in [5.41, 5.74) is 2.99. The number of thiazole rings is 1. The van der Waals surface area contributed by atoms with Gasteiger partial charge in [0.2, 0.25) is 5.91 Å². The van der Waals surface area contributed by atoms with Crippen molar-refractivity contribution in [2.75, 3.05) is 11.1 Å². The average Bonchev–Trinajstić information content (AvgIpc) is 3.47. The zero-order valence-electron chi connectivity index (χ0n) is 17.4. The van der Waals surface area contributed by atoms with Gasteiger partial charge in [0.25, 0.3) is 0 Å². The van der Waals surface area contributed by atoms with Crippen molar-refractivity contribution < 1.29 is 18.3 Å². The first-order valence-electron chi connectivity index (χ1n) is 9.96. The van der Waals surface area contributed by atoms with Crippen LogP contribution in [0.15, 0.2) is 65.4 Å². The third-order valence-electron chi connectivity index (χ3n) is 4.61. The summed E-state index contributed by atoms with van der Waals surface area (Å²) in [5, 5.41) is 13.5. The van der Waals surface area contributed by atoms with Crippen LogP contribution in [-0.2, 0) is 11.2 Å². The Morgan fingerprint density at radius 3 is 2.82 bits per heavy atom. The lowest BCUT2D eigenvalue weighted by molar-refractivity contribution is -0.113.